The van der Waals surface area contributed by atoms with Crippen LogP contribution in [0, 0.1) is 0 Å². The fraction of sp³-hybridized carbons (Fsp3) is 0.100. The summed E-state index contributed by atoms with van der Waals surface area (Å²) >= 11 is 0. The largest absolute Gasteiger partial charge is 0.493 e. The van der Waals surface area contributed by atoms with Crippen molar-refractivity contribution < 1.29 is 9.53 Å². The molecule has 0 bridgehead atoms. The zero-order chi connectivity index (χ0) is 17.6. The van der Waals surface area contributed by atoms with Crippen molar-refractivity contribution in [1.82, 2.24) is 5.43 Å². The van der Waals surface area contributed by atoms with Gasteiger partial charge in [0, 0.05) is 16.8 Å². The number of anilines is 1. The van der Waals surface area contributed by atoms with Crippen LogP contribution in [0.15, 0.2) is 65.8 Å². The molecule has 3 aromatic carbocycles. The van der Waals surface area contributed by atoms with Gasteiger partial charge in [-0.2, -0.15) is 5.10 Å². The van der Waals surface area contributed by atoms with E-state index in [4.69, 9.17) is 10.5 Å². The van der Waals surface area contributed by atoms with Crippen molar-refractivity contribution in [1.29, 1.82) is 0 Å². The summed E-state index contributed by atoms with van der Waals surface area (Å²) in [6, 6.07) is 18.5. The molecule has 0 aliphatic heterocycles. The fourth-order valence-electron chi connectivity index (χ4n) is 2.54. The van der Waals surface area contributed by atoms with Gasteiger partial charge in [-0.25, -0.2) is 5.43 Å². The Labute approximate surface area is 146 Å². The zero-order valence-corrected chi connectivity index (χ0v) is 13.9. The van der Waals surface area contributed by atoms with E-state index in [1.807, 2.05) is 43.3 Å². The number of carbonyl (C=O) groups is 1. The van der Waals surface area contributed by atoms with E-state index in [0.717, 1.165) is 22.1 Å². The molecule has 5 heteroatoms. The number of nitrogen functional groups attached to an aromatic ring is 1. The molecular formula is C20H19N3O2. The number of amides is 1. The average Bonchev–Trinajstić information content (AvgIpc) is 2.64. The van der Waals surface area contributed by atoms with Crippen molar-refractivity contribution in [2.75, 3.05) is 12.3 Å². The Morgan fingerprint density at radius 2 is 1.88 bits per heavy atom. The molecule has 126 valence electrons. The number of rotatable bonds is 5. The molecule has 5 nitrogen and oxygen atoms in total. The van der Waals surface area contributed by atoms with Gasteiger partial charge in [-0.1, -0.05) is 30.3 Å². The summed E-state index contributed by atoms with van der Waals surface area (Å²) < 4.78 is 5.68. The summed E-state index contributed by atoms with van der Waals surface area (Å²) in [6.07, 6.45) is 1.61. The SMILES string of the molecule is CCOc1ccc2ccccc2c1/C=N/NC(=O)c1ccc(N)cc1. The molecule has 3 rings (SSSR count). The van der Waals surface area contributed by atoms with Crippen molar-refractivity contribution in [2.45, 2.75) is 6.92 Å². The molecule has 0 fully saturated rings. The van der Waals surface area contributed by atoms with Gasteiger partial charge in [-0.05, 0) is 48.0 Å². The van der Waals surface area contributed by atoms with Gasteiger partial charge in [0.25, 0.3) is 5.91 Å². The molecule has 0 radical (unpaired) electrons. The van der Waals surface area contributed by atoms with Gasteiger partial charge >= 0.3 is 0 Å². The van der Waals surface area contributed by atoms with Crippen molar-refractivity contribution in [3.05, 3.63) is 71.8 Å². The molecule has 25 heavy (non-hydrogen) atoms. The first-order valence-electron chi connectivity index (χ1n) is 8.02. The summed E-state index contributed by atoms with van der Waals surface area (Å²) in [5.74, 6) is 0.432. The van der Waals surface area contributed by atoms with Crippen molar-refractivity contribution in [3.63, 3.8) is 0 Å². The van der Waals surface area contributed by atoms with Gasteiger partial charge in [0.1, 0.15) is 5.75 Å². The minimum absolute atomic E-state index is 0.297. The molecule has 0 aliphatic carbocycles. The molecule has 0 spiro atoms. The molecule has 3 N–H and O–H groups in total. The maximum Gasteiger partial charge on any atom is 0.271 e. The van der Waals surface area contributed by atoms with E-state index >= 15 is 0 Å². The third-order valence-electron chi connectivity index (χ3n) is 3.76. The predicted molar refractivity (Wildman–Crippen MR) is 101 cm³/mol. The topological polar surface area (TPSA) is 76.7 Å². The van der Waals surface area contributed by atoms with Crippen molar-refractivity contribution in [2.24, 2.45) is 5.10 Å². The van der Waals surface area contributed by atoms with E-state index in [2.05, 4.69) is 10.5 Å². The first-order chi connectivity index (χ1) is 12.2. The third-order valence-corrected chi connectivity index (χ3v) is 3.76. The summed E-state index contributed by atoms with van der Waals surface area (Å²) in [4.78, 5) is 12.1. The number of fused-ring (bicyclic) bond motifs is 1. The van der Waals surface area contributed by atoms with Gasteiger partial charge in [0.15, 0.2) is 0 Å². The molecule has 0 atom stereocenters. The quantitative estimate of drug-likeness (QED) is 0.425. The maximum atomic E-state index is 12.1. The van der Waals surface area contributed by atoms with Crippen LogP contribution in [0.4, 0.5) is 5.69 Å². The van der Waals surface area contributed by atoms with Crippen LogP contribution in [0.2, 0.25) is 0 Å². The fourth-order valence-corrected chi connectivity index (χ4v) is 2.54. The summed E-state index contributed by atoms with van der Waals surface area (Å²) in [5, 5.41) is 6.19. The monoisotopic (exact) mass is 333 g/mol. The lowest BCUT2D eigenvalue weighted by Crippen LogP contribution is -2.17. The highest BCUT2D eigenvalue weighted by atomic mass is 16.5. The summed E-state index contributed by atoms with van der Waals surface area (Å²) in [5.41, 5.74) is 10.1. The lowest BCUT2D eigenvalue weighted by molar-refractivity contribution is 0.0955. The lowest BCUT2D eigenvalue weighted by atomic mass is 10.0. The zero-order valence-electron chi connectivity index (χ0n) is 13.9. The van der Waals surface area contributed by atoms with Crippen LogP contribution in [0.1, 0.15) is 22.8 Å². The Morgan fingerprint density at radius 3 is 2.64 bits per heavy atom. The second kappa shape index (κ2) is 7.49. The normalized spacial score (nSPS) is 10.9. The molecule has 0 heterocycles. The molecule has 0 saturated carbocycles. The van der Waals surface area contributed by atoms with Gasteiger partial charge in [-0.3, -0.25) is 4.79 Å². The summed E-state index contributed by atoms with van der Waals surface area (Å²) in [7, 11) is 0. The minimum Gasteiger partial charge on any atom is -0.493 e. The highest BCUT2D eigenvalue weighted by Crippen LogP contribution is 2.26. The third kappa shape index (κ3) is 3.77. The van der Waals surface area contributed by atoms with E-state index in [1.165, 1.54) is 0 Å². The standard InChI is InChI=1S/C20H19N3O2/c1-2-25-19-12-9-14-5-3-4-6-17(14)18(19)13-22-23-20(24)15-7-10-16(21)11-8-15/h3-13H,2,21H2,1H3,(H,23,24)/b22-13+. The maximum absolute atomic E-state index is 12.1. The number of nitrogens with zero attached hydrogens (tertiary/aromatic N) is 1. The molecule has 3 aromatic rings. The second-order valence-corrected chi connectivity index (χ2v) is 5.45. The summed E-state index contributed by atoms with van der Waals surface area (Å²) in [6.45, 7) is 2.48. The first-order valence-corrected chi connectivity index (χ1v) is 8.02. The lowest BCUT2D eigenvalue weighted by Gasteiger charge is -2.10. The van der Waals surface area contributed by atoms with Gasteiger partial charge in [0.2, 0.25) is 0 Å². The predicted octanol–water partition coefficient (Wildman–Crippen LogP) is 3.58. The van der Waals surface area contributed by atoms with Crippen LogP contribution in [0.25, 0.3) is 10.8 Å². The van der Waals surface area contributed by atoms with E-state index < -0.39 is 0 Å². The van der Waals surface area contributed by atoms with Crippen LogP contribution in [-0.4, -0.2) is 18.7 Å². The van der Waals surface area contributed by atoms with E-state index in [1.54, 1.807) is 30.5 Å². The van der Waals surface area contributed by atoms with Crippen LogP contribution in [0.5, 0.6) is 5.75 Å². The number of carbonyl (C=O) groups excluding carboxylic acids is 1. The van der Waals surface area contributed by atoms with Gasteiger partial charge in [-0.15, -0.1) is 0 Å². The van der Waals surface area contributed by atoms with Gasteiger partial charge < -0.3 is 10.5 Å². The molecule has 0 saturated heterocycles. The smallest absolute Gasteiger partial charge is 0.271 e. The Morgan fingerprint density at radius 1 is 1.12 bits per heavy atom. The van der Waals surface area contributed by atoms with Crippen molar-refractivity contribution in [3.8, 4) is 5.75 Å². The van der Waals surface area contributed by atoms with Crippen molar-refractivity contribution >= 4 is 28.6 Å². The number of benzene rings is 3. The Bertz CT molecular complexity index is 918. The number of ether oxygens (including phenoxy) is 1. The Hall–Kier alpha value is -3.34. The number of hydrogen-bond donors (Lipinski definition) is 2. The number of nitrogens with one attached hydrogen (secondary N) is 1. The van der Waals surface area contributed by atoms with Crippen LogP contribution in [0.3, 0.4) is 0 Å². The Balaban J connectivity index is 1.86. The molecule has 0 aromatic heterocycles. The minimum atomic E-state index is -0.297. The van der Waals surface area contributed by atoms with Crippen LogP contribution in [-0.2, 0) is 0 Å². The van der Waals surface area contributed by atoms with Crippen LogP contribution >= 0.6 is 0 Å². The highest BCUT2D eigenvalue weighted by molar-refractivity contribution is 6.03. The van der Waals surface area contributed by atoms with Crippen LogP contribution < -0.4 is 15.9 Å². The van der Waals surface area contributed by atoms with E-state index in [9.17, 15) is 4.79 Å². The average molecular weight is 333 g/mol. The van der Waals surface area contributed by atoms with E-state index in [-0.39, 0.29) is 5.91 Å². The second-order valence-electron chi connectivity index (χ2n) is 5.45. The number of hydrazone groups is 1. The molecule has 0 unspecified atom stereocenters. The molecule has 0 aliphatic rings. The van der Waals surface area contributed by atoms with E-state index in [0.29, 0.717) is 17.9 Å². The Kier molecular flexibility index (Phi) is 4.95. The molecular weight excluding hydrogens is 314 g/mol. The molecule has 1 amide bonds. The number of nitrogens with two attached hydrogens (primary N) is 1. The number of hydrogen-bond acceptors (Lipinski definition) is 4. The highest BCUT2D eigenvalue weighted by Gasteiger charge is 2.07. The first kappa shape index (κ1) is 16.5. The van der Waals surface area contributed by atoms with Gasteiger partial charge in [0.05, 0.1) is 12.8 Å².